The highest BCUT2D eigenvalue weighted by Crippen LogP contribution is 2.23. The number of hydrogen-bond donors (Lipinski definition) is 0. The van der Waals surface area contributed by atoms with Crippen LogP contribution in [0.1, 0.15) is 23.3 Å². The van der Waals surface area contributed by atoms with Crippen LogP contribution in [0.2, 0.25) is 5.02 Å². The molecule has 1 aromatic carbocycles. The number of aromatic nitrogens is 4. The van der Waals surface area contributed by atoms with E-state index in [0.717, 1.165) is 10.7 Å². The van der Waals surface area contributed by atoms with Gasteiger partial charge in [0.15, 0.2) is 17.7 Å². The molecule has 0 amide bonds. The number of halogens is 3. The Kier molecular flexibility index (Phi) is 6.28. The number of aldehydes is 1. The number of piperidine rings is 1. The van der Waals surface area contributed by atoms with Crippen molar-refractivity contribution in [3.8, 4) is 11.4 Å². The lowest BCUT2D eigenvalue weighted by atomic mass is 10.1. The average molecular weight is 509 g/mol. The molecule has 11 heteroatoms. The van der Waals surface area contributed by atoms with E-state index in [1.807, 2.05) is 4.90 Å². The van der Waals surface area contributed by atoms with E-state index < -0.39 is 11.4 Å². The van der Waals surface area contributed by atoms with Crippen LogP contribution in [0.3, 0.4) is 0 Å². The van der Waals surface area contributed by atoms with Crippen LogP contribution < -0.4 is 15.2 Å². The summed E-state index contributed by atoms with van der Waals surface area (Å²) in [7, 11) is 0. The fourth-order valence-corrected chi connectivity index (χ4v) is 3.60. The zero-order valence-electron chi connectivity index (χ0n) is 16.0. The summed E-state index contributed by atoms with van der Waals surface area (Å²) in [5.41, 5.74) is -0.364. The minimum atomic E-state index is -0.546. The molecule has 3 heterocycles. The smallest absolute Gasteiger partial charge is 0.275 e. The highest BCUT2D eigenvalue weighted by molar-refractivity contribution is 9.10. The summed E-state index contributed by atoms with van der Waals surface area (Å²) in [6, 6.07) is 5.33. The molecule has 0 radical (unpaired) electrons. The summed E-state index contributed by atoms with van der Waals surface area (Å²) in [4.78, 5) is 34.6. The van der Waals surface area contributed by atoms with Gasteiger partial charge < -0.3 is 9.64 Å². The third kappa shape index (κ3) is 4.75. The lowest BCUT2D eigenvalue weighted by Gasteiger charge is -2.32. The summed E-state index contributed by atoms with van der Waals surface area (Å²) in [6.45, 7) is 1.29. The first-order valence-corrected chi connectivity index (χ1v) is 10.6. The summed E-state index contributed by atoms with van der Waals surface area (Å²) in [5, 5.41) is 4.52. The third-order valence-electron chi connectivity index (χ3n) is 4.81. The van der Waals surface area contributed by atoms with Crippen molar-refractivity contribution in [1.82, 2.24) is 19.7 Å². The van der Waals surface area contributed by atoms with Crippen LogP contribution >= 0.6 is 27.5 Å². The Bertz CT molecular complexity index is 1170. The second-order valence-electron chi connectivity index (χ2n) is 6.87. The minimum absolute atomic E-state index is 0.0357. The second kappa shape index (κ2) is 9.11. The Labute approximate surface area is 189 Å². The van der Waals surface area contributed by atoms with Gasteiger partial charge in [-0.2, -0.15) is 9.78 Å². The van der Waals surface area contributed by atoms with E-state index in [1.54, 1.807) is 12.4 Å². The molecule has 0 saturated carbocycles. The predicted octanol–water partition coefficient (Wildman–Crippen LogP) is 3.44. The molecular weight excluding hydrogens is 493 g/mol. The van der Waals surface area contributed by atoms with Gasteiger partial charge in [-0.1, -0.05) is 11.6 Å². The molecule has 0 atom stereocenters. The van der Waals surface area contributed by atoms with Gasteiger partial charge in [0.05, 0.1) is 27.6 Å². The minimum Gasteiger partial charge on any atom is -0.488 e. The lowest BCUT2D eigenvalue weighted by Crippen LogP contribution is -2.39. The van der Waals surface area contributed by atoms with E-state index in [0.29, 0.717) is 43.2 Å². The number of hydrogen-bond acceptors (Lipinski definition) is 7. The molecule has 1 aliphatic heterocycles. The van der Waals surface area contributed by atoms with Gasteiger partial charge in [0.2, 0.25) is 5.95 Å². The Hall–Kier alpha value is -2.85. The van der Waals surface area contributed by atoms with Gasteiger partial charge in [-0.15, -0.1) is 0 Å². The Morgan fingerprint density at radius 1 is 1.19 bits per heavy atom. The molecule has 0 aliphatic carbocycles. The Morgan fingerprint density at radius 3 is 2.55 bits per heavy atom. The van der Waals surface area contributed by atoms with Crippen molar-refractivity contribution in [2.75, 3.05) is 18.0 Å². The number of carbonyl (C=O) groups is 1. The number of anilines is 1. The number of benzene rings is 1. The van der Waals surface area contributed by atoms with Gasteiger partial charge in [-0.25, -0.2) is 14.4 Å². The summed E-state index contributed by atoms with van der Waals surface area (Å²) < 4.78 is 21.0. The molecule has 31 heavy (non-hydrogen) atoms. The fraction of sp³-hybridized carbons (Fsp3) is 0.250. The molecule has 160 valence electrons. The van der Waals surface area contributed by atoms with E-state index in [2.05, 4.69) is 31.0 Å². The van der Waals surface area contributed by atoms with Gasteiger partial charge in [0.25, 0.3) is 5.56 Å². The molecule has 1 fully saturated rings. The molecule has 0 spiro atoms. The van der Waals surface area contributed by atoms with Crippen molar-refractivity contribution in [2.45, 2.75) is 18.9 Å². The molecule has 0 N–H and O–H groups in total. The first kappa shape index (κ1) is 21.4. The third-order valence-corrected chi connectivity index (χ3v) is 5.65. The monoisotopic (exact) mass is 507 g/mol. The van der Waals surface area contributed by atoms with Crippen LogP contribution in [-0.2, 0) is 0 Å². The topological polar surface area (TPSA) is 90.2 Å². The number of carbonyl (C=O) groups excluding carboxylic acids is 1. The van der Waals surface area contributed by atoms with Crippen molar-refractivity contribution < 1.29 is 13.9 Å². The Balaban J connectivity index is 1.49. The van der Waals surface area contributed by atoms with Gasteiger partial charge in [0.1, 0.15) is 11.9 Å². The summed E-state index contributed by atoms with van der Waals surface area (Å²) in [5.74, 6) is 0.146. The highest BCUT2D eigenvalue weighted by atomic mass is 79.9. The number of nitrogens with zero attached hydrogens (tertiary/aromatic N) is 5. The van der Waals surface area contributed by atoms with Crippen LogP contribution in [-0.4, -0.2) is 45.2 Å². The maximum atomic E-state index is 13.8. The van der Waals surface area contributed by atoms with Gasteiger partial charge in [-0.05, 0) is 28.1 Å². The SMILES string of the molecule is O=Cc1nn(-c2ccc(Br)c(F)c2)c(=O)cc1OC1CCN(c2ncc(Cl)cn2)CC1. The van der Waals surface area contributed by atoms with Gasteiger partial charge in [0, 0.05) is 38.1 Å². The summed E-state index contributed by atoms with van der Waals surface area (Å²) in [6.07, 6.45) is 4.68. The Morgan fingerprint density at radius 2 is 1.90 bits per heavy atom. The maximum absolute atomic E-state index is 13.8. The molecular formula is C20H16BrClFN5O3. The zero-order chi connectivity index (χ0) is 22.0. The first-order valence-electron chi connectivity index (χ1n) is 9.38. The molecule has 8 nitrogen and oxygen atoms in total. The summed E-state index contributed by atoms with van der Waals surface area (Å²) >= 11 is 8.89. The van der Waals surface area contributed by atoms with Crippen molar-refractivity contribution in [3.63, 3.8) is 0 Å². The van der Waals surface area contributed by atoms with E-state index in [9.17, 15) is 14.0 Å². The molecule has 0 unspecified atom stereocenters. The molecule has 1 saturated heterocycles. The van der Waals surface area contributed by atoms with Crippen LogP contribution in [0.5, 0.6) is 5.75 Å². The van der Waals surface area contributed by atoms with Crippen LogP contribution in [0.15, 0.2) is 45.9 Å². The molecule has 2 aromatic heterocycles. The van der Waals surface area contributed by atoms with Crippen LogP contribution in [0.25, 0.3) is 5.69 Å². The van der Waals surface area contributed by atoms with Crippen molar-refractivity contribution in [1.29, 1.82) is 0 Å². The maximum Gasteiger partial charge on any atom is 0.275 e. The fourth-order valence-electron chi connectivity index (χ4n) is 3.25. The van der Waals surface area contributed by atoms with E-state index in [1.165, 1.54) is 18.2 Å². The van der Waals surface area contributed by atoms with Gasteiger partial charge >= 0.3 is 0 Å². The lowest BCUT2D eigenvalue weighted by molar-refractivity contribution is 0.110. The van der Waals surface area contributed by atoms with Crippen molar-refractivity contribution in [3.05, 3.63) is 68.0 Å². The first-order chi connectivity index (χ1) is 14.9. The number of ether oxygens (including phenoxy) is 1. The zero-order valence-corrected chi connectivity index (χ0v) is 18.4. The van der Waals surface area contributed by atoms with Crippen molar-refractivity contribution in [2.24, 2.45) is 0 Å². The molecule has 0 bridgehead atoms. The standard InChI is InChI=1S/C20H16BrClFN5O3/c21-15-2-1-13(7-16(15)23)28-19(30)8-18(17(11-29)26-28)31-14-3-5-27(6-4-14)20-24-9-12(22)10-25-20/h1-2,7-11,14H,3-6H2. The average Bonchev–Trinajstić information content (AvgIpc) is 2.77. The quantitative estimate of drug-likeness (QED) is 0.488. The predicted molar refractivity (Wildman–Crippen MR) is 116 cm³/mol. The van der Waals surface area contributed by atoms with E-state index in [-0.39, 0.29) is 27.7 Å². The highest BCUT2D eigenvalue weighted by Gasteiger charge is 2.24. The van der Waals surface area contributed by atoms with Crippen molar-refractivity contribution >= 4 is 39.8 Å². The normalized spacial score (nSPS) is 14.5. The molecule has 4 rings (SSSR count). The van der Waals surface area contributed by atoms with Gasteiger partial charge in [-0.3, -0.25) is 9.59 Å². The largest absolute Gasteiger partial charge is 0.488 e. The molecule has 3 aromatic rings. The number of rotatable bonds is 5. The van der Waals surface area contributed by atoms with Crippen LogP contribution in [0, 0.1) is 5.82 Å². The van der Waals surface area contributed by atoms with Crippen LogP contribution in [0.4, 0.5) is 10.3 Å². The second-order valence-corrected chi connectivity index (χ2v) is 8.16. The molecule has 1 aliphatic rings. The van der Waals surface area contributed by atoms with E-state index in [4.69, 9.17) is 16.3 Å². The van der Waals surface area contributed by atoms with E-state index >= 15 is 0 Å².